The Bertz CT molecular complexity index is 492. The highest BCUT2D eigenvalue weighted by atomic mass is 32.2. The molecule has 0 fully saturated rings. The van der Waals surface area contributed by atoms with Crippen LogP contribution in [0.3, 0.4) is 0 Å². The molecule has 0 spiro atoms. The number of sulfone groups is 1. The molecule has 16 heavy (non-hydrogen) atoms. The van der Waals surface area contributed by atoms with Crippen molar-refractivity contribution in [1.29, 1.82) is 0 Å². The van der Waals surface area contributed by atoms with E-state index in [-0.39, 0.29) is 30.2 Å². The van der Waals surface area contributed by atoms with E-state index < -0.39 is 15.8 Å². The van der Waals surface area contributed by atoms with Crippen molar-refractivity contribution in [2.45, 2.75) is 13.1 Å². The fraction of sp³-hybridized carbons (Fsp3) is 0.571. The van der Waals surface area contributed by atoms with Crippen LogP contribution in [0.4, 0.5) is 0 Å². The third-order valence-corrected chi connectivity index (χ3v) is 2.83. The largest absolute Gasteiger partial charge is 0.476 e. The maximum atomic E-state index is 10.9. The van der Waals surface area contributed by atoms with Crippen LogP contribution in [0.1, 0.15) is 16.2 Å². The molecule has 1 aromatic rings. The van der Waals surface area contributed by atoms with Gasteiger partial charge in [0.15, 0.2) is 5.69 Å². The highest BCUT2D eigenvalue weighted by molar-refractivity contribution is 7.90. The monoisotopic (exact) mass is 248 g/mol. The van der Waals surface area contributed by atoms with Crippen molar-refractivity contribution in [2.24, 2.45) is 5.73 Å². The summed E-state index contributed by atoms with van der Waals surface area (Å²) in [4.78, 5) is 10.7. The van der Waals surface area contributed by atoms with Crippen molar-refractivity contribution in [2.75, 3.05) is 12.0 Å². The maximum Gasteiger partial charge on any atom is 0.358 e. The molecule has 8 nitrogen and oxygen atoms in total. The van der Waals surface area contributed by atoms with Gasteiger partial charge in [0.05, 0.1) is 18.0 Å². The molecule has 0 saturated carbocycles. The molecule has 0 aliphatic carbocycles. The van der Waals surface area contributed by atoms with Crippen LogP contribution in [0.5, 0.6) is 0 Å². The predicted octanol–water partition coefficient (Wildman–Crippen LogP) is -1.52. The third-order valence-electron chi connectivity index (χ3n) is 1.91. The molecule has 9 heteroatoms. The number of nitrogens with zero attached hydrogens (tertiary/aromatic N) is 3. The van der Waals surface area contributed by atoms with Crippen LogP contribution >= 0.6 is 0 Å². The summed E-state index contributed by atoms with van der Waals surface area (Å²) in [6, 6.07) is 0. The number of aryl methyl sites for hydroxylation is 1. The average Bonchev–Trinajstić information content (AvgIpc) is 2.56. The lowest BCUT2D eigenvalue weighted by atomic mass is 10.3. The van der Waals surface area contributed by atoms with Crippen LogP contribution in [-0.2, 0) is 22.9 Å². The SMILES string of the molecule is CS(=O)(=O)CCn1nnc(C(=O)O)c1CN. The average molecular weight is 248 g/mol. The zero-order valence-corrected chi connectivity index (χ0v) is 9.44. The van der Waals surface area contributed by atoms with Crippen molar-refractivity contribution in [3.05, 3.63) is 11.4 Å². The minimum atomic E-state index is -3.14. The molecule has 3 N–H and O–H groups in total. The number of rotatable bonds is 5. The number of carbonyl (C=O) groups is 1. The standard InChI is InChI=1S/C7H12N4O4S/c1-16(14,15)3-2-11-5(4-8)6(7(12)13)9-10-11/h2-4,8H2,1H3,(H,12,13). The van der Waals surface area contributed by atoms with Crippen LogP contribution in [-0.4, -0.2) is 46.5 Å². The number of aromatic nitrogens is 3. The number of hydrogen-bond acceptors (Lipinski definition) is 6. The van der Waals surface area contributed by atoms with E-state index in [4.69, 9.17) is 10.8 Å². The Morgan fingerprint density at radius 2 is 2.19 bits per heavy atom. The summed E-state index contributed by atoms with van der Waals surface area (Å²) in [5.41, 5.74) is 5.34. The van der Waals surface area contributed by atoms with Crippen LogP contribution in [0.25, 0.3) is 0 Å². The first-order valence-corrected chi connectivity index (χ1v) is 6.44. The van der Waals surface area contributed by atoms with Crippen molar-refractivity contribution < 1.29 is 18.3 Å². The minimum Gasteiger partial charge on any atom is -0.476 e. The van der Waals surface area contributed by atoms with E-state index in [0.717, 1.165) is 6.26 Å². The molecular weight excluding hydrogens is 236 g/mol. The normalized spacial score (nSPS) is 11.6. The molecule has 0 radical (unpaired) electrons. The second kappa shape index (κ2) is 4.58. The fourth-order valence-corrected chi connectivity index (χ4v) is 1.64. The van der Waals surface area contributed by atoms with Gasteiger partial charge in [-0.1, -0.05) is 5.21 Å². The highest BCUT2D eigenvalue weighted by Crippen LogP contribution is 2.04. The summed E-state index contributed by atoms with van der Waals surface area (Å²) >= 11 is 0. The van der Waals surface area contributed by atoms with E-state index in [1.807, 2.05) is 0 Å². The topological polar surface area (TPSA) is 128 Å². The van der Waals surface area contributed by atoms with Gasteiger partial charge in [-0.3, -0.25) is 0 Å². The van der Waals surface area contributed by atoms with E-state index in [9.17, 15) is 13.2 Å². The summed E-state index contributed by atoms with van der Waals surface area (Å²) in [5.74, 6) is -1.37. The molecular formula is C7H12N4O4S. The lowest BCUT2D eigenvalue weighted by molar-refractivity contribution is 0.0689. The first-order chi connectivity index (χ1) is 7.35. The van der Waals surface area contributed by atoms with Crippen molar-refractivity contribution in [1.82, 2.24) is 15.0 Å². The number of hydrogen-bond donors (Lipinski definition) is 2. The first kappa shape index (κ1) is 12.6. The van der Waals surface area contributed by atoms with Crippen molar-refractivity contribution >= 4 is 15.8 Å². The molecule has 90 valence electrons. The van der Waals surface area contributed by atoms with Gasteiger partial charge in [-0.2, -0.15) is 0 Å². The van der Waals surface area contributed by atoms with E-state index in [0.29, 0.717) is 0 Å². The van der Waals surface area contributed by atoms with Gasteiger partial charge in [0.25, 0.3) is 0 Å². The fourth-order valence-electron chi connectivity index (χ4n) is 1.13. The highest BCUT2D eigenvalue weighted by Gasteiger charge is 2.18. The predicted molar refractivity (Wildman–Crippen MR) is 54.6 cm³/mol. The van der Waals surface area contributed by atoms with Gasteiger partial charge in [-0.05, 0) is 0 Å². The molecule has 0 amide bonds. The van der Waals surface area contributed by atoms with Crippen molar-refractivity contribution in [3.8, 4) is 0 Å². The van der Waals surface area contributed by atoms with Gasteiger partial charge in [-0.15, -0.1) is 5.10 Å². The lowest BCUT2D eigenvalue weighted by Crippen LogP contribution is -2.17. The van der Waals surface area contributed by atoms with Gasteiger partial charge in [0, 0.05) is 12.8 Å². The van der Waals surface area contributed by atoms with Crippen LogP contribution < -0.4 is 5.73 Å². The Morgan fingerprint density at radius 1 is 1.56 bits per heavy atom. The summed E-state index contributed by atoms with van der Waals surface area (Å²) in [7, 11) is -3.14. The van der Waals surface area contributed by atoms with E-state index in [2.05, 4.69) is 10.3 Å². The Labute approximate surface area is 92.0 Å². The molecule has 0 bridgehead atoms. The number of carboxylic acid groups (broad SMARTS) is 1. The molecule has 0 aliphatic rings. The summed E-state index contributed by atoms with van der Waals surface area (Å²) in [5, 5.41) is 15.7. The first-order valence-electron chi connectivity index (χ1n) is 4.38. The third kappa shape index (κ3) is 3.00. The quantitative estimate of drug-likeness (QED) is 0.647. The summed E-state index contributed by atoms with van der Waals surface area (Å²) in [6.07, 6.45) is 1.09. The van der Waals surface area contributed by atoms with E-state index in [1.54, 1.807) is 0 Å². The smallest absolute Gasteiger partial charge is 0.358 e. The minimum absolute atomic E-state index is 0.0473. The van der Waals surface area contributed by atoms with Gasteiger partial charge in [-0.25, -0.2) is 17.9 Å². The molecule has 0 aromatic carbocycles. The van der Waals surface area contributed by atoms with Crippen LogP contribution in [0.2, 0.25) is 0 Å². The lowest BCUT2D eigenvalue weighted by Gasteiger charge is -2.03. The number of nitrogens with two attached hydrogens (primary N) is 1. The maximum absolute atomic E-state index is 10.9. The van der Waals surface area contributed by atoms with Crippen LogP contribution in [0.15, 0.2) is 0 Å². The Morgan fingerprint density at radius 3 is 2.62 bits per heavy atom. The Hall–Kier alpha value is -1.48. The van der Waals surface area contributed by atoms with Gasteiger partial charge in [0.1, 0.15) is 9.84 Å². The molecule has 1 rings (SSSR count). The summed E-state index contributed by atoms with van der Waals surface area (Å²) < 4.78 is 23.1. The molecule has 1 heterocycles. The zero-order valence-electron chi connectivity index (χ0n) is 8.62. The van der Waals surface area contributed by atoms with Gasteiger partial charge >= 0.3 is 5.97 Å². The van der Waals surface area contributed by atoms with Gasteiger partial charge in [0.2, 0.25) is 0 Å². The van der Waals surface area contributed by atoms with Crippen LogP contribution in [0, 0.1) is 0 Å². The molecule has 0 saturated heterocycles. The van der Waals surface area contributed by atoms with Crippen molar-refractivity contribution in [3.63, 3.8) is 0 Å². The molecule has 0 atom stereocenters. The second-order valence-corrected chi connectivity index (χ2v) is 5.51. The summed E-state index contributed by atoms with van der Waals surface area (Å²) in [6.45, 7) is -0.00988. The Balaban J connectivity index is 2.93. The van der Waals surface area contributed by atoms with E-state index in [1.165, 1.54) is 4.68 Å². The molecule has 1 aromatic heterocycles. The molecule has 0 unspecified atom stereocenters. The van der Waals surface area contributed by atoms with E-state index >= 15 is 0 Å². The zero-order chi connectivity index (χ0) is 12.3. The molecule has 0 aliphatic heterocycles. The second-order valence-electron chi connectivity index (χ2n) is 3.25. The Kier molecular flexibility index (Phi) is 3.60. The number of aromatic carboxylic acids is 1. The number of carboxylic acids is 1. The van der Waals surface area contributed by atoms with Gasteiger partial charge < -0.3 is 10.8 Å².